The number of amides is 1. The molecule has 0 fully saturated rings. The van der Waals surface area contributed by atoms with Crippen LogP contribution >= 0.6 is 0 Å². The Morgan fingerprint density at radius 3 is 2.67 bits per heavy atom. The summed E-state index contributed by atoms with van der Waals surface area (Å²) in [4.78, 5) is 11.6. The van der Waals surface area contributed by atoms with E-state index in [1.165, 1.54) is 0 Å². The average molecular weight is 297 g/mol. The maximum absolute atomic E-state index is 13.4. The molecule has 0 aliphatic carbocycles. The van der Waals surface area contributed by atoms with Crippen molar-refractivity contribution >= 4 is 11.6 Å². The molecule has 0 heterocycles. The van der Waals surface area contributed by atoms with Crippen molar-refractivity contribution in [2.45, 2.75) is 19.8 Å². The summed E-state index contributed by atoms with van der Waals surface area (Å²) >= 11 is 0. The van der Waals surface area contributed by atoms with Crippen molar-refractivity contribution in [3.8, 4) is 6.07 Å². The Bertz CT molecular complexity index is 594. The molecule has 0 aromatic heterocycles. The molecule has 4 nitrogen and oxygen atoms in total. The SMILES string of the molecule is CCCCNC(=O)/C(C#N)=C\Nc1ccc(F)c(F)c1F. The van der Waals surface area contributed by atoms with Gasteiger partial charge >= 0.3 is 0 Å². The second kappa shape index (κ2) is 7.94. The van der Waals surface area contributed by atoms with Gasteiger partial charge in [-0.05, 0) is 18.6 Å². The summed E-state index contributed by atoms with van der Waals surface area (Å²) in [5.41, 5.74) is -0.668. The Kier molecular flexibility index (Phi) is 6.27. The highest BCUT2D eigenvalue weighted by atomic mass is 19.2. The van der Waals surface area contributed by atoms with E-state index in [9.17, 15) is 18.0 Å². The summed E-state index contributed by atoms with van der Waals surface area (Å²) in [7, 11) is 0. The van der Waals surface area contributed by atoms with Crippen LogP contribution in [0.15, 0.2) is 23.9 Å². The second-order valence-electron chi connectivity index (χ2n) is 4.15. The third-order valence-corrected chi connectivity index (χ3v) is 2.59. The molecule has 0 unspecified atom stereocenters. The lowest BCUT2D eigenvalue weighted by molar-refractivity contribution is -0.117. The van der Waals surface area contributed by atoms with Crippen molar-refractivity contribution in [3.05, 3.63) is 41.4 Å². The Hall–Kier alpha value is -2.49. The number of hydrogen-bond acceptors (Lipinski definition) is 3. The standard InChI is InChI=1S/C14H14F3N3O/c1-2-3-6-19-14(21)9(7-18)8-20-11-5-4-10(15)12(16)13(11)17/h4-5,8,20H,2-3,6H2,1H3,(H,19,21)/b9-8-. The normalized spacial score (nSPS) is 10.9. The first-order chi connectivity index (χ1) is 10.0. The van der Waals surface area contributed by atoms with Crippen LogP contribution in [0.2, 0.25) is 0 Å². The highest BCUT2D eigenvalue weighted by molar-refractivity contribution is 5.97. The van der Waals surface area contributed by atoms with Crippen molar-refractivity contribution in [2.24, 2.45) is 0 Å². The van der Waals surface area contributed by atoms with Gasteiger partial charge in [-0.25, -0.2) is 13.2 Å². The first kappa shape index (κ1) is 16.6. The molecule has 0 aliphatic rings. The Morgan fingerprint density at radius 2 is 2.05 bits per heavy atom. The molecular weight excluding hydrogens is 283 g/mol. The lowest BCUT2D eigenvalue weighted by Gasteiger charge is -2.06. The molecule has 0 saturated heterocycles. The van der Waals surface area contributed by atoms with Gasteiger partial charge in [-0.2, -0.15) is 5.26 Å². The minimum Gasteiger partial charge on any atom is -0.358 e. The summed E-state index contributed by atoms with van der Waals surface area (Å²) in [6.45, 7) is 2.36. The van der Waals surface area contributed by atoms with Crippen LogP contribution in [-0.4, -0.2) is 12.5 Å². The summed E-state index contributed by atoms with van der Waals surface area (Å²) in [6, 6.07) is 3.35. The molecule has 21 heavy (non-hydrogen) atoms. The third-order valence-electron chi connectivity index (χ3n) is 2.59. The first-order valence-electron chi connectivity index (χ1n) is 6.29. The van der Waals surface area contributed by atoms with Crippen molar-refractivity contribution in [2.75, 3.05) is 11.9 Å². The van der Waals surface area contributed by atoms with Crippen LogP contribution < -0.4 is 10.6 Å². The van der Waals surface area contributed by atoms with Crippen molar-refractivity contribution in [1.29, 1.82) is 5.26 Å². The molecule has 1 rings (SSSR count). The van der Waals surface area contributed by atoms with E-state index in [0.717, 1.165) is 31.2 Å². The molecule has 2 N–H and O–H groups in total. The Morgan fingerprint density at radius 1 is 1.33 bits per heavy atom. The zero-order valence-electron chi connectivity index (χ0n) is 11.3. The molecule has 1 amide bonds. The van der Waals surface area contributed by atoms with E-state index < -0.39 is 23.4 Å². The predicted octanol–water partition coefficient (Wildman–Crippen LogP) is 2.84. The van der Waals surface area contributed by atoms with Gasteiger partial charge in [0.25, 0.3) is 5.91 Å². The van der Waals surface area contributed by atoms with Crippen LogP contribution in [0, 0.1) is 28.8 Å². The summed E-state index contributed by atoms with van der Waals surface area (Å²) in [5.74, 6) is -4.99. The topological polar surface area (TPSA) is 64.9 Å². The number of unbranched alkanes of at least 4 members (excludes halogenated alkanes) is 1. The molecule has 0 radical (unpaired) electrons. The molecule has 7 heteroatoms. The number of carbonyl (C=O) groups excluding carboxylic acids is 1. The van der Waals surface area contributed by atoms with Gasteiger partial charge in [0, 0.05) is 12.7 Å². The maximum Gasteiger partial charge on any atom is 0.263 e. The molecule has 1 aromatic carbocycles. The molecule has 112 valence electrons. The second-order valence-corrected chi connectivity index (χ2v) is 4.15. The highest BCUT2D eigenvalue weighted by Crippen LogP contribution is 2.19. The van der Waals surface area contributed by atoms with Crippen LogP contribution in [-0.2, 0) is 4.79 Å². The Labute approximate surface area is 120 Å². The van der Waals surface area contributed by atoms with Crippen LogP contribution in [0.5, 0.6) is 0 Å². The highest BCUT2D eigenvalue weighted by Gasteiger charge is 2.13. The third kappa shape index (κ3) is 4.53. The summed E-state index contributed by atoms with van der Waals surface area (Å²) in [5, 5.41) is 13.6. The molecular formula is C14H14F3N3O. The zero-order valence-corrected chi connectivity index (χ0v) is 11.3. The molecule has 0 aliphatic heterocycles. The van der Waals surface area contributed by atoms with E-state index in [0.29, 0.717) is 6.54 Å². The maximum atomic E-state index is 13.4. The fraction of sp³-hybridized carbons (Fsp3) is 0.286. The largest absolute Gasteiger partial charge is 0.358 e. The fourth-order valence-electron chi connectivity index (χ4n) is 1.41. The van der Waals surface area contributed by atoms with Crippen LogP contribution in [0.3, 0.4) is 0 Å². The lowest BCUT2D eigenvalue weighted by Crippen LogP contribution is -2.25. The number of halogens is 3. The lowest BCUT2D eigenvalue weighted by atomic mass is 10.2. The smallest absolute Gasteiger partial charge is 0.263 e. The number of anilines is 1. The van der Waals surface area contributed by atoms with E-state index in [1.54, 1.807) is 6.07 Å². The summed E-state index contributed by atoms with van der Waals surface area (Å²) < 4.78 is 39.1. The monoisotopic (exact) mass is 297 g/mol. The number of benzene rings is 1. The van der Waals surface area contributed by atoms with Crippen LogP contribution in [0.4, 0.5) is 18.9 Å². The molecule has 0 atom stereocenters. The number of hydrogen-bond donors (Lipinski definition) is 2. The van der Waals surface area contributed by atoms with Gasteiger partial charge in [0.05, 0.1) is 5.69 Å². The minimum atomic E-state index is -1.63. The van der Waals surface area contributed by atoms with Crippen molar-refractivity contribution in [1.82, 2.24) is 5.32 Å². The van der Waals surface area contributed by atoms with Crippen molar-refractivity contribution in [3.63, 3.8) is 0 Å². The molecule has 0 bridgehead atoms. The van der Waals surface area contributed by atoms with Gasteiger partial charge in [0.2, 0.25) is 0 Å². The zero-order chi connectivity index (χ0) is 15.8. The van der Waals surface area contributed by atoms with E-state index in [2.05, 4.69) is 10.6 Å². The van der Waals surface area contributed by atoms with Gasteiger partial charge in [-0.3, -0.25) is 4.79 Å². The van der Waals surface area contributed by atoms with Gasteiger partial charge in [-0.15, -0.1) is 0 Å². The number of carbonyl (C=O) groups is 1. The van der Waals surface area contributed by atoms with Gasteiger partial charge in [0.15, 0.2) is 17.5 Å². The van der Waals surface area contributed by atoms with Gasteiger partial charge in [0.1, 0.15) is 11.6 Å². The molecule has 0 spiro atoms. The molecule has 1 aromatic rings. The first-order valence-corrected chi connectivity index (χ1v) is 6.29. The number of nitriles is 1. The van der Waals surface area contributed by atoms with Crippen molar-refractivity contribution < 1.29 is 18.0 Å². The predicted molar refractivity (Wildman–Crippen MR) is 71.6 cm³/mol. The van der Waals surface area contributed by atoms with E-state index in [1.807, 2.05) is 6.92 Å². The van der Waals surface area contributed by atoms with E-state index in [-0.39, 0.29) is 11.3 Å². The summed E-state index contributed by atoms with van der Waals surface area (Å²) in [6.07, 6.45) is 2.58. The number of nitrogens with zero attached hydrogens (tertiary/aromatic N) is 1. The average Bonchev–Trinajstić information content (AvgIpc) is 2.48. The molecule has 0 saturated carbocycles. The van der Waals surface area contributed by atoms with Gasteiger partial charge < -0.3 is 10.6 Å². The Balaban J connectivity index is 2.80. The van der Waals surface area contributed by atoms with E-state index in [4.69, 9.17) is 5.26 Å². The number of rotatable bonds is 6. The fourth-order valence-corrected chi connectivity index (χ4v) is 1.41. The number of nitrogens with one attached hydrogen (secondary N) is 2. The van der Waals surface area contributed by atoms with E-state index >= 15 is 0 Å². The van der Waals surface area contributed by atoms with Crippen LogP contribution in [0.1, 0.15) is 19.8 Å². The minimum absolute atomic E-state index is 0.296. The van der Waals surface area contributed by atoms with Gasteiger partial charge in [-0.1, -0.05) is 13.3 Å². The quantitative estimate of drug-likeness (QED) is 0.367. The van der Waals surface area contributed by atoms with Crippen LogP contribution in [0.25, 0.3) is 0 Å².